The van der Waals surface area contributed by atoms with Crippen LogP contribution >= 0.6 is 24.0 Å². The molecule has 0 radical (unpaired) electrons. The van der Waals surface area contributed by atoms with Gasteiger partial charge in [-0.2, -0.15) is 13.2 Å². The zero-order valence-corrected chi connectivity index (χ0v) is 18.5. The van der Waals surface area contributed by atoms with E-state index in [0.717, 1.165) is 28.8 Å². The Kier molecular flexibility index (Phi) is 5.89. The molecule has 5 nitrogen and oxygen atoms in total. The number of thiocarbonyl (C=S) groups is 1. The van der Waals surface area contributed by atoms with E-state index in [1.807, 2.05) is 0 Å². The average Bonchev–Trinajstić information content (AvgIpc) is 3.31. The van der Waals surface area contributed by atoms with Crippen molar-refractivity contribution < 1.29 is 32.3 Å². The van der Waals surface area contributed by atoms with Crippen LogP contribution in [0.5, 0.6) is 0 Å². The summed E-state index contributed by atoms with van der Waals surface area (Å²) >= 11 is 6.18. The predicted octanol–water partition coefficient (Wildman–Crippen LogP) is 6.38. The molecule has 0 aliphatic carbocycles. The molecular weight excluding hydrogens is 475 g/mol. The number of nitrogens with zero attached hydrogens (tertiary/aromatic N) is 1. The fourth-order valence-corrected chi connectivity index (χ4v) is 4.63. The minimum absolute atomic E-state index is 0.0250. The van der Waals surface area contributed by atoms with E-state index < -0.39 is 23.6 Å². The third-order valence-corrected chi connectivity index (χ3v) is 6.26. The zero-order chi connectivity index (χ0) is 23.9. The summed E-state index contributed by atoms with van der Waals surface area (Å²) in [6.45, 7) is 1.67. The van der Waals surface area contributed by atoms with Crippen LogP contribution in [-0.2, 0) is 11.0 Å². The van der Waals surface area contributed by atoms with Crippen LogP contribution in [0.4, 0.5) is 18.9 Å². The van der Waals surface area contributed by atoms with Crippen molar-refractivity contribution in [3.8, 4) is 11.3 Å². The summed E-state index contributed by atoms with van der Waals surface area (Å²) in [6, 6.07) is 12.5. The number of halogens is 3. The van der Waals surface area contributed by atoms with Gasteiger partial charge in [0.15, 0.2) is 4.32 Å². The molecule has 2 heterocycles. The predicted molar refractivity (Wildman–Crippen MR) is 123 cm³/mol. The van der Waals surface area contributed by atoms with Crippen molar-refractivity contribution in [1.29, 1.82) is 0 Å². The molecular formula is C23H14F3NO4S2. The number of thioether (sulfide) groups is 1. The van der Waals surface area contributed by atoms with Crippen LogP contribution in [0.25, 0.3) is 17.4 Å². The first kappa shape index (κ1) is 22.8. The normalized spacial score (nSPS) is 15.5. The Morgan fingerprint density at radius 1 is 1.15 bits per heavy atom. The number of carbonyl (C=O) groups is 2. The van der Waals surface area contributed by atoms with Crippen molar-refractivity contribution in [3.05, 3.63) is 82.0 Å². The molecule has 0 bridgehead atoms. The number of alkyl halides is 3. The number of anilines is 1. The maximum Gasteiger partial charge on any atom is 0.416 e. The highest BCUT2D eigenvalue weighted by atomic mass is 32.2. The van der Waals surface area contributed by atoms with Crippen LogP contribution in [0.2, 0.25) is 0 Å². The monoisotopic (exact) mass is 489 g/mol. The molecule has 1 aliphatic heterocycles. The number of benzene rings is 2. The van der Waals surface area contributed by atoms with Gasteiger partial charge in [0.2, 0.25) is 0 Å². The van der Waals surface area contributed by atoms with E-state index in [0.29, 0.717) is 22.6 Å². The fourth-order valence-electron chi connectivity index (χ4n) is 3.35. The second-order valence-electron chi connectivity index (χ2n) is 7.05. The summed E-state index contributed by atoms with van der Waals surface area (Å²) in [7, 11) is 0. The van der Waals surface area contributed by atoms with E-state index in [-0.39, 0.29) is 20.5 Å². The molecule has 3 aromatic rings. The van der Waals surface area contributed by atoms with Crippen molar-refractivity contribution in [2.45, 2.75) is 13.1 Å². The second kappa shape index (κ2) is 8.53. The van der Waals surface area contributed by atoms with Gasteiger partial charge >= 0.3 is 12.1 Å². The third kappa shape index (κ3) is 4.44. The molecule has 1 aromatic heterocycles. The highest BCUT2D eigenvalue weighted by Gasteiger charge is 2.36. The Labute approximate surface area is 195 Å². The number of amides is 1. The van der Waals surface area contributed by atoms with E-state index in [1.54, 1.807) is 31.2 Å². The zero-order valence-electron chi connectivity index (χ0n) is 16.8. The van der Waals surface area contributed by atoms with Crippen molar-refractivity contribution in [2.24, 2.45) is 0 Å². The van der Waals surface area contributed by atoms with Crippen molar-refractivity contribution in [1.82, 2.24) is 0 Å². The molecule has 0 saturated carbocycles. The highest BCUT2D eigenvalue weighted by Crippen LogP contribution is 2.39. The highest BCUT2D eigenvalue weighted by molar-refractivity contribution is 8.27. The van der Waals surface area contributed by atoms with Crippen LogP contribution in [0.3, 0.4) is 0 Å². The van der Waals surface area contributed by atoms with Gasteiger partial charge in [0.1, 0.15) is 11.5 Å². The van der Waals surface area contributed by atoms with Gasteiger partial charge in [-0.15, -0.1) is 0 Å². The standard InChI is InChI=1S/C23H14F3NO4S2/c1-12-16(6-3-7-17(12)21(29)30)18-9-8-15(31-18)11-19-20(28)27(22(32)33-19)14-5-2-4-13(10-14)23(24,25)26/h2-11H,1H3,(H,29,30)/b19-11-. The van der Waals surface area contributed by atoms with Gasteiger partial charge in [-0.1, -0.05) is 42.2 Å². The number of hydrogen-bond acceptors (Lipinski definition) is 5. The lowest BCUT2D eigenvalue weighted by molar-refractivity contribution is -0.137. The molecule has 0 atom stereocenters. The Balaban J connectivity index is 1.63. The first-order chi connectivity index (χ1) is 15.6. The fraction of sp³-hybridized carbons (Fsp3) is 0.0870. The average molecular weight is 489 g/mol. The van der Waals surface area contributed by atoms with Crippen LogP contribution in [0.15, 0.2) is 63.9 Å². The summed E-state index contributed by atoms with van der Waals surface area (Å²) in [4.78, 5) is 25.5. The number of carbonyl (C=O) groups excluding carboxylic acids is 1. The molecule has 33 heavy (non-hydrogen) atoms. The molecule has 0 spiro atoms. The topological polar surface area (TPSA) is 70.8 Å². The van der Waals surface area contributed by atoms with E-state index in [4.69, 9.17) is 16.6 Å². The quantitative estimate of drug-likeness (QED) is 0.339. The minimum atomic E-state index is -4.55. The lowest BCUT2D eigenvalue weighted by atomic mass is 10.0. The van der Waals surface area contributed by atoms with Gasteiger partial charge in [0, 0.05) is 11.6 Å². The Morgan fingerprint density at radius 3 is 2.58 bits per heavy atom. The molecule has 10 heteroatoms. The minimum Gasteiger partial charge on any atom is -0.478 e. The van der Waals surface area contributed by atoms with Crippen LogP contribution in [-0.4, -0.2) is 21.3 Å². The summed E-state index contributed by atoms with van der Waals surface area (Å²) in [6.07, 6.45) is -3.10. The molecule has 4 rings (SSSR count). The van der Waals surface area contributed by atoms with Crippen molar-refractivity contribution >= 4 is 51.9 Å². The maximum absolute atomic E-state index is 13.1. The first-order valence-corrected chi connectivity index (χ1v) is 10.7. The molecule has 2 aromatic carbocycles. The SMILES string of the molecule is Cc1c(C(=O)O)cccc1-c1ccc(/C=C2\SC(=S)N(c3cccc(C(F)(F)F)c3)C2=O)o1. The Hall–Kier alpha value is -3.37. The lowest BCUT2D eigenvalue weighted by Crippen LogP contribution is -2.27. The van der Waals surface area contributed by atoms with Gasteiger partial charge in [-0.3, -0.25) is 9.69 Å². The van der Waals surface area contributed by atoms with E-state index in [1.165, 1.54) is 24.3 Å². The second-order valence-corrected chi connectivity index (χ2v) is 8.73. The molecule has 1 amide bonds. The third-order valence-electron chi connectivity index (χ3n) is 4.96. The smallest absolute Gasteiger partial charge is 0.416 e. The number of aromatic carboxylic acids is 1. The molecule has 1 aliphatic rings. The van der Waals surface area contributed by atoms with E-state index in [2.05, 4.69) is 0 Å². The van der Waals surface area contributed by atoms with Gasteiger partial charge in [0.05, 0.1) is 21.7 Å². The summed E-state index contributed by atoms with van der Waals surface area (Å²) in [5, 5.41) is 9.31. The van der Waals surface area contributed by atoms with Gasteiger partial charge in [-0.25, -0.2) is 4.79 Å². The number of rotatable bonds is 4. The molecule has 0 unspecified atom stereocenters. The Bertz CT molecular complexity index is 1330. The van der Waals surface area contributed by atoms with Gasteiger partial charge in [-0.05, 0) is 48.9 Å². The van der Waals surface area contributed by atoms with Crippen LogP contribution < -0.4 is 4.90 Å². The van der Waals surface area contributed by atoms with Gasteiger partial charge < -0.3 is 9.52 Å². The molecule has 168 valence electrons. The number of hydrogen-bond donors (Lipinski definition) is 1. The van der Waals surface area contributed by atoms with Crippen LogP contribution in [0, 0.1) is 6.92 Å². The van der Waals surface area contributed by atoms with Crippen LogP contribution in [0.1, 0.15) is 27.2 Å². The summed E-state index contributed by atoms with van der Waals surface area (Å²) in [5.41, 5.74) is 0.407. The summed E-state index contributed by atoms with van der Waals surface area (Å²) in [5.74, 6) is -0.893. The molecule has 1 fully saturated rings. The van der Waals surface area contributed by atoms with E-state index in [9.17, 15) is 27.9 Å². The van der Waals surface area contributed by atoms with Crippen molar-refractivity contribution in [3.63, 3.8) is 0 Å². The number of carboxylic acids is 1. The molecule has 1 saturated heterocycles. The Morgan fingerprint density at radius 2 is 1.88 bits per heavy atom. The largest absolute Gasteiger partial charge is 0.478 e. The first-order valence-electron chi connectivity index (χ1n) is 9.44. The lowest BCUT2D eigenvalue weighted by Gasteiger charge is -2.16. The maximum atomic E-state index is 13.1. The number of carboxylic acid groups (broad SMARTS) is 1. The van der Waals surface area contributed by atoms with Gasteiger partial charge in [0.25, 0.3) is 5.91 Å². The van der Waals surface area contributed by atoms with E-state index >= 15 is 0 Å². The van der Waals surface area contributed by atoms with Crippen molar-refractivity contribution in [2.75, 3.05) is 4.90 Å². The number of furan rings is 1. The molecule has 1 N–H and O–H groups in total. The summed E-state index contributed by atoms with van der Waals surface area (Å²) < 4.78 is 45.1.